The number of nitrogens with one attached hydrogen (secondary N) is 2. The van der Waals surface area contributed by atoms with Gasteiger partial charge >= 0.3 is 0 Å². The number of rotatable bonds is 9. The molecule has 2 amide bonds. The summed E-state index contributed by atoms with van der Waals surface area (Å²) < 4.78 is 0. The highest BCUT2D eigenvalue weighted by Crippen LogP contribution is 2.31. The molecule has 15 heteroatoms. The maximum absolute atomic E-state index is 12.8. The van der Waals surface area contributed by atoms with Crippen LogP contribution >= 0.6 is 0 Å². The number of amides is 2. The fourth-order valence-electron chi connectivity index (χ4n) is 2.98. The highest BCUT2D eigenvalue weighted by Gasteiger charge is 2.19. The van der Waals surface area contributed by atoms with E-state index in [4.69, 9.17) is 0 Å². The van der Waals surface area contributed by atoms with Gasteiger partial charge in [0.2, 0.25) is 0 Å². The van der Waals surface area contributed by atoms with Crippen molar-refractivity contribution in [2.45, 2.75) is 0 Å². The van der Waals surface area contributed by atoms with Gasteiger partial charge in [-0.05, 0) is 41.7 Å². The molecule has 3 aromatic rings. The van der Waals surface area contributed by atoms with Gasteiger partial charge in [-0.1, -0.05) is 18.2 Å². The number of carbonyl (C=O) groups excluding carboxylic acids is 2. The van der Waals surface area contributed by atoms with Crippen LogP contribution in [0.15, 0.2) is 77.5 Å². The third kappa shape index (κ3) is 6.57. The molecular weight excluding hydrogens is 504 g/mol. The highest BCUT2D eigenvalue weighted by atomic mass is 16.6. The van der Waals surface area contributed by atoms with Crippen LogP contribution < -0.4 is 15.8 Å². The molecule has 3 rings (SSSR count). The van der Waals surface area contributed by atoms with Crippen molar-refractivity contribution < 1.29 is 29.5 Å². The van der Waals surface area contributed by atoms with Crippen LogP contribution in [0.2, 0.25) is 0 Å². The van der Waals surface area contributed by atoms with Crippen LogP contribution in [0.5, 0.6) is 5.75 Å². The Hall–Kier alpha value is -5.99. The average molecular weight is 519 g/mol. The van der Waals surface area contributed by atoms with E-state index < -0.39 is 49.3 Å². The number of nitro benzene ring substituents is 3. The molecule has 0 aliphatic rings. The Bertz CT molecular complexity index is 1490. The summed E-state index contributed by atoms with van der Waals surface area (Å²) in [5.41, 5.74) is -0.357. The summed E-state index contributed by atoms with van der Waals surface area (Å²) in [7, 11) is 0. The fourth-order valence-corrected chi connectivity index (χ4v) is 2.98. The topological polar surface area (TPSA) is 223 Å². The molecule has 0 atom stereocenters. The van der Waals surface area contributed by atoms with E-state index in [1.54, 1.807) is 18.2 Å². The van der Waals surface area contributed by atoms with Gasteiger partial charge in [-0.15, -0.1) is 0 Å². The van der Waals surface area contributed by atoms with Crippen LogP contribution in [0.3, 0.4) is 0 Å². The number of hydrogen-bond acceptors (Lipinski definition) is 10. The molecule has 0 radical (unpaired) electrons. The van der Waals surface area contributed by atoms with Crippen molar-refractivity contribution in [3.05, 3.63) is 119 Å². The second-order valence-electron chi connectivity index (χ2n) is 7.32. The van der Waals surface area contributed by atoms with Crippen molar-refractivity contribution in [3.8, 4) is 5.75 Å². The molecule has 0 saturated heterocycles. The van der Waals surface area contributed by atoms with Gasteiger partial charge in [-0.3, -0.25) is 39.9 Å². The lowest BCUT2D eigenvalue weighted by atomic mass is 10.1. The molecule has 0 saturated carbocycles. The van der Waals surface area contributed by atoms with Crippen LogP contribution in [0.1, 0.15) is 21.5 Å². The predicted molar refractivity (Wildman–Crippen MR) is 130 cm³/mol. The molecule has 0 aliphatic heterocycles. The molecule has 0 aromatic heterocycles. The number of nitrogens with zero attached hydrogens (tertiary/aromatic N) is 4. The molecule has 15 nitrogen and oxygen atoms in total. The number of hydrazone groups is 1. The zero-order chi connectivity index (χ0) is 27.8. The van der Waals surface area contributed by atoms with Crippen LogP contribution in [0.25, 0.3) is 6.08 Å². The van der Waals surface area contributed by atoms with Crippen molar-refractivity contribution in [2.24, 2.45) is 5.10 Å². The zero-order valence-corrected chi connectivity index (χ0v) is 19.0. The summed E-state index contributed by atoms with van der Waals surface area (Å²) in [6, 6.07) is 14.1. The minimum atomic E-state index is -1.17. The normalized spacial score (nSPS) is 11.1. The van der Waals surface area contributed by atoms with E-state index >= 15 is 0 Å². The van der Waals surface area contributed by atoms with Crippen LogP contribution in [-0.2, 0) is 4.79 Å². The largest absolute Gasteiger partial charge is 0.867 e. The Balaban J connectivity index is 1.90. The first-order valence-corrected chi connectivity index (χ1v) is 10.4. The van der Waals surface area contributed by atoms with Crippen LogP contribution in [0.4, 0.5) is 17.1 Å². The first kappa shape index (κ1) is 26.6. The van der Waals surface area contributed by atoms with Crippen LogP contribution in [0, 0.1) is 30.3 Å². The van der Waals surface area contributed by atoms with Gasteiger partial charge in [0, 0.05) is 29.3 Å². The SMILES string of the molecule is O=C(N/N=C\c1cc([N+](=O)[O-])cc([N+](=O)[O-])c1[O-])/C(=C/c1ccc([N+](=O)[O-])cc1)NC(=O)c1ccccc1. The maximum atomic E-state index is 12.8. The Morgan fingerprint density at radius 3 is 2.03 bits per heavy atom. The molecule has 2 N–H and O–H groups in total. The van der Waals surface area contributed by atoms with E-state index in [0.29, 0.717) is 17.8 Å². The number of benzene rings is 3. The van der Waals surface area contributed by atoms with Gasteiger partial charge in [0.15, 0.2) is 0 Å². The molecule has 0 bridgehead atoms. The molecule has 0 spiro atoms. The number of hydrogen-bond donors (Lipinski definition) is 2. The fraction of sp³-hybridized carbons (Fsp3) is 0. The highest BCUT2D eigenvalue weighted by molar-refractivity contribution is 6.05. The lowest BCUT2D eigenvalue weighted by Gasteiger charge is -2.11. The Morgan fingerprint density at radius 1 is 0.816 bits per heavy atom. The van der Waals surface area contributed by atoms with Gasteiger partial charge in [-0.25, -0.2) is 5.43 Å². The van der Waals surface area contributed by atoms with E-state index in [9.17, 15) is 45.0 Å². The summed E-state index contributed by atoms with van der Waals surface area (Å²) in [5.74, 6) is -2.84. The summed E-state index contributed by atoms with van der Waals surface area (Å²) in [5, 5.41) is 51.1. The van der Waals surface area contributed by atoms with E-state index in [1.807, 2.05) is 5.43 Å². The van der Waals surface area contributed by atoms with Gasteiger partial charge in [0.05, 0.1) is 27.1 Å². The first-order valence-electron chi connectivity index (χ1n) is 10.4. The molecular formula is C23H15N6O9-. The standard InChI is InChI=1S/C23H16N6O9/c30-21-16(11-18(28(35)36)12-20(21)29(37)38)13-24-26-23(32)19(25-22(31)15-4-2-1-3-5-15)10-14-6-8-17(9-7-14)27(33)34/h1-13,30H,(H,25,31)(H,26,32)/p-1/b19-10-,24-13-. The molecule has 0 fully saturated rings. The maximum Gasteiger partial charge on any atom is 0.287 e. The molecule has 3 aromatic carbocycles. The van der Waals surface area contributed by atoms with Crippen molar-refractivity contribution >= 4 is 41.2 Å². The minimum absolute atomic E-state index is 0.203. The molecule has 0 unspecified atom stereocenters. The predicted octanol–water partition coefficient (Wildman–Crippen LogP) is 2.41. The summed E-state index contributed by atoms with van der Waals surface area (Å²) in [6.45, 7) is 0. The summed E-state index contributed by atoms with van der Waals surface area (Å²) >= 11 is 0. The van der Waals surface area contributed by atoms with E-state index in [0.717, 1.165) is 6.07 Å². The molecule has 0 aliphatic carbocycles. The Labute approximate surface area is 212 Å². The average Bonchev–Trinajstić information content (AvgIpc) is 2.89. The quantitative estimate of drug-likeness (QED) is 0.183. The van der Waals surface area contributed by atoms with Crippen molar-refractivity contribution in [1.29, 1.82) is 0 Å². The number of non-ortho nitro benzene ring substituents is 2. The van der Waals surface area contributed by atoms with Gasteiger partial charge in [0.25, 0.3) is 28.9 Å². The smallest absolute Gasteiger partial charge is 0.287 e. The number of carbonyl (C=O) groups is 2. The molecule has 192 valence electrons. The minimum Gasteiger partial charge on any atom is -0.867 e. The lowest BCUT2D eigenvalue weighted by molar-refractivity contribution is -0.403. The van der Waals surface area contributed by atoms with Crippen molar-refractivity contribution in [3.63, 3.8) is 0 Å². The van der Waals surface area contributed by atoms with Crippen molar-refractivity contribution in [1.82, 2.24) is 10.7 Å². The van der Waals surface area contributed by atoms with E-state index in [-0.39, 0.29) is 16.9 Å². The number of nitro groups is 3. The Kier molecular flexibility index (Phi) is 8.14. The summed E-state index contributed by atoms with van der Waals surface area (Å²) in [6.07, 6.45) is 1.88. The van der Waals surface area contributed by atoms with Gasteiger partial charge in [-0.2, -0.15) is 5.10 Å². The third-order valence-corrected chi connectivity index (χ3v) is 4.80. The first-order chi connectivity index (χ1) is 18.1. The van der Waals surface area contributed by atoms with E-state index in [2.05, 4.69) is 10.4 Å². The van der Waals surface area contributed by atoms with E-state index in [1.165, 1.54) is 42.5 Å². The third-order valence-electron chi connectivity index (χ3n) is 4.80. The van der Waals surface area contributed by atoms with Gasteiger partial charge < -0.3 is 10.4 Å². The summed E-state index contributed by atoms with van der Waals surface area (Å²) in [4.78, 5) is 55.7. The second kappa shape index (κ2) is 11.6. The van der Waals surface area contributed by atoms with Gasteiger partial charge in [0.1, 0.15) is 5.70 Å². The lowest BCUT2D eigenvalue weighted by Crippen LogP contribution is -2.32. The van der Waals surface area contributed by atoms with Crippen molar-refractivity contribution in [2.75, 3.05) is 0 Å². The second-order valence-corrected chi connectivity index (χ2v) is 7.32. The zero-order valence-electron chi connectivity index (χ0n) is 19.0. The molecule has 0 heterocycles. The monoisotopic (exact) mass is 519 g/mol. The molecule has 38 heavy (non-hydrogen) atoms. The van der Waals surface area contributed by atoms with Crippen LogP contribution in [-0.4, -0.2) is 32.8 Å². The Morgan fingerprint density at radius 2 is 1.45 bits per heavy atom.